The molecule has 3 N–H and O–H groups in total. The van der Waals surface area contributed by atoms with Crippen molar-refractivity contribution in [1.82, 2.24) is 10.6 Å². The van der Waals surface area contributed by atoms with Gasteiger partial charge in [-0.2, -0.15) is 0 Å². The number of aliphatic hydroxyl groups is 1. The van der Waals surface area contributed by atoms with Gasteiger partial charge in [-0.15, -0.1) is 0 Å². The number of urea groups is 1. The van der Waals surface area contributed by atoms with E-state index in [1.54, 1.807) is 7.11 Å². The van der Waals surface area contributed by atoms with Crippen LogP contribution in [0.1, 0.15) is 44.6 Å². The van der Waals surface area contributed by atoms with Crippen molar-refractivity contribution in [3.63, 3.8) is 0 Å². The van der Waals surface area contributed by atoms with Crippen molar-refractivity contribution < 1.29 is 14.6 Å². The van der Waals surface area contributed by atoms with Gasteiger partial charge >= 0.3 is 6.03 Å². The van der Waals surface area contributed by atoms with Crippen LogP contribution in [0.25, 0.3) is 0 Å². The number of hydrogen-bond acceptors (Lipinski definition) is 3. The Kier molecular flexibility index (Phi) is 6.28. The Morgan fingerprint density at radius 3 is 2.65 bits per heavy atom. The van der Waals surface area contributed by atoms with E-state index in [2.05, 4.69) is 16.7 Å². The van der Waals surface area contributed by atoms with Crippen LogP contribution < -0.4 is 15.4 Å². The smallest absolute Gasteiger partial charge is 0.315 e. The molecule has 1 saturated carbocycles. The van der Waals surface area contributed by atoms with Gasteiger partial charge in [-0.1, -0.05) is 38.0 Å². The highest BCUT2D eigenvalue weighted by Crippen LogP contribution is 2.44. The maximum atomic E-state index is 12.1. The number of carbonyl (C=O) groups is 1. The zero-order valence-electron chi connectivity index (χ0n) is 14.1. The van der Waals surface area contributed by atoms with E-state index >= 15 is 0 Å². The van der Waals surface area contributed by atoms with Crippen LogP contribution in [-0.4, -0.2) is 37.4 Å². The first-order chi connectivity index (χ1) is 11.1. The molecule has 0 aliphatic heterocycles. The van der Waals surface area contributed by atoms with Crippen LogP contribution in [0.3, 0.4) is 0 Å². The lowest BCUT2D eigenvalue weighted by Gasteiger charge is -2.31. The highest BCUT2D eigenvalue weighted by Gasteiger charge is 2.38. The molecule has 0 saturated heterocycles. The van der Waals surface area contributed by atoms with Gasteiger partial charge in [0.2, 0.25) is 0 Å². The van der Waals surface area contributed by atoms with Gasteiger partial charge in [0.1, 0.15) is 5.75 Å². The molecule has 2 amide bonds. The summed E-state index contributed by atoms with van der Waals surface area (Å²) >= 11 is 0. The van der Waals surface area contributed by atoms with E-state index in [1.807, 2.05) is 25.1 Å². The van der Waals surface area contributed by atoms with Crippen molar-refractivity contribution in [1.29, 1.82) is 0 Å². The fourth-order valence-electron chi connectivity index (χ4n) is 3.44. The van der Waals surface area contributed by atoms with Crippen molar-refractivity contribution in [3.8, 4) is 5.75 Å². The zero-order chi connectivity index (χ0) is 16.7. The largest absolute Gasteiger partial charge is 0.496 e. The molecular formula is C18H28N2O3. The molecule has 0 radical (unpaired) electrons. The maximum absolute atomic E-state index is 12.1. The Balaban J connectivity index is 2.08. The van der Waals surface area contributed by atoms with E-state index in [1.165, 1.54) is 5.56 Å². The SMILES string of the molecule is CCC(CO)NC(=O)NCC1(c2ccccc2OC)CCCC1. The Hall–Kier alpha value is -1.75. The molecule has 5 heteroatoms. The summed E-state index contributed by atoms with van der Waals surface area (Å²) in [7, 11) is 1.69. The molecule has 23 heavy (non-hydrogen) atoms. The average Bonchev–Trinajstić information content (AvgIpc) is 3.08. The summed E-state index contributed by atoms with van der Waals surface area (Å²) < 4.78 is 5.53. The Morgan fingerprint density at radius 2 is 2.04 bits per heavy atom. The number of hydrogen-bond donors (Lipinski definition) is 3. The summed E-state index contributed by atoms with van der Waals surface area (Å²) in [5, 5.41) is 15.0. The van der Waals surface area contributed by atoms with Gasteiger partial charge in [0.05, 0.1) is 19.8 Å². The number of para-hydroxylation sites is 1. The lowest BCUT2D eigenvalue weighted by atomic mass is 9.78. The molecule has 0 bridgehead atoms. The van der Waals surface area contributed by atoms with Gasteiger partial charge in [0.25, 0.3) is 0 Å². The Morgan fingerprint density at radius 1 is 1.35 bits per heavy atom. The normalized spacial score (nSPS) is 17.5. The van der Waals surface area contributed by atoms with Gasteiger partial charge in [0, 0.05) is 17.5 Å². The second-order valence-corrected chi connectivity index (χ2v) is 6.30. The Labute approximate surface area is 138 Å². The van der Waals surface area contributed by atoms with Crippen LogP contribution in [-0.2, 0) is 5.41 Å². The Bertz CT molecular complexity index is 509. The highest BCUT2D eigenvalue weighted by atomic mass is 16.5. The van der Waals surface area contributed by atoms with E-state index in [0.29, 0.717) is 13.0 Å². The van der Waals surface area contributed by atoms with Crippen molar-refractivity contribution in [2.24, 2.45) is 0 Å². The van der Waals surface area contributed by atoms with Gasteiger partial charge in [-0.25, -0.2) is 4.79 Å². The fraction of sp³-hybridized carbons (Fsp3) is 0.611. The highest BCUT2D eigenvalue weighted by molar-refractivity contribution is 5.74. The van der Waals surface area contributed by atoms with Crippen LogP contribution in [0.5, 0.6) is 5.75 Å². The predicted molar refractivity (Wildman–Crippen MR) is 90.8 cm³/mol. The van der Waals surface area contributed by atoms with Crippen molar-refractivity contribution in [2.45, 2.75) is 50.5 Å². The fourth-order valence-corrected chi connectivity index (χ4v) is 3.44. The molecule has 2 rings (SSSR count). The summed E-state index contributed by atoms with van der Waals surface area (Å²) in [6.07, 6.45) is 5.13. The van der Waals surface area contributed by atoms with E-state index in [9.17, 15) is 9.90 Å². The first-order valence-electron chi connectivity index (χ1n) is 8.44. The van der Waals surface area contributed by atoms with E-state index in [0.717, 1.165) is 31.4 Å². The van der Waals surface area contributed by atoms with Crippen LogP contribution >= 0.6 is 0 Å². The first-order valence-corrected chi connectivity index (χ1v) is 8.44. The summed E-state index contributed by atoms with van der Waals surface area (Å²) in [4.78, 5) is 12.1. The second kappa shape index (κ2) is 8.20. The molecule has 1 atom stereocenters. The minimum Gasteiger partial charge on any atom is -0.496 e. The van der Waals surface area contributed by atoms with E-state index < -0.39 is 0 Å². The maximum Gasteiger partial charge on any atom is 0.315 e. The standard InChI is InChI=1S/C18H28N2O3/c1-3-14(12-21)20-17(22)19-13-18(10-6-7-11-18)15-8-4-5-9-16(15)23-2/h4-5,8-9,14,21H,3,6-7,10-13H2,1-2H3,(H2,19,20,22). The first kappa shape index (κ1) is 17.6. The molecule has 1 aromatic carbocycles. The van der Waals surface area contributed by atoms with Crippen molar-refractivity contribution in [2.75, 3.05) is 20.3 Å². The number of benzene rings is 1. The predicted octanol–water partition coefficient (Wildman–Crippen LogP) is 2.58. The molecule has 1 aromatic rings. The molecule has 0 heterocycles. The van der Waals surface area contributed by atoms with Crippen LogP contribution in [0.4, 0.5) is 4.79 Å². The third kappa shape index (κ3) is 4.16. The second-order valence-electron chi connectivity index (χ2n) is 6.30. The minimum absolute atomic E-state index is 0.0401. The quantitative estimate of drug-likeness (QED) is 0.723. The third-order valence-corrected chi connectivity index (χ3v) is 4.87. The molecule has 0 spiro atoms. The topological polar surface area (TPSA) is 70.6 Å². The van der Waals surface area contributed by atoms with Gasteiger partial charge in [-0.05, 0) is 25.3 Å². The third-order valence-electron chi connectivity index (χ3n) is 4.87. The van der Waals surface area contributed by atoms with Crippen molar-refractivity contribution >= 4 is 6.03 Å². The van der Waals surface area contributed by atoms with Gasteiger partial charge < -0.3 is 20.5 Å². The van der Waals surface area contributed by atoms with E-state index in [-0.39, 0.29) is 24.1 Å². The van der Waals surface area contributed by atoms with Gasteiger partial charge in [0.15, 0.2) is 0 Å². The van der Waals surface area contributed by atoms with E-state index in [4.69, 9.17) is 4.74 Å². The molecule has 1 aliphatic rings. The molecule has 5 nitrogen and oxygen atoms in total. The molecule has 1 unspecified atom stereocenters. The zero-order valence-corrected chi connectivity index (χ0v) is 14.1. The molecule has 1 fully saturated rings. The van der Waals surface area contributed by atoms with Crippen LogP contribution in [0.2, 0.25) is 0 Å². The summed E-state index contributed by atoms with van der Waals surface area (Å²) in [6.45, 7) is 2.48. The molecule has 1 aliphatic carbocycles. The molecule has 128 valence electrons. The molecular weight excluding hydrogens is 292 g/mol. The monoisotopic (exact) mass is 320 g/mol. The number of nitrogens with one attached hydrogen (secondary N) is 2. The minimum atomic E-state index is -0.216. The molecule has 0 aromatic heterocycles. The number of aliphatic hydroxyl groups excluding tert-OH is 1. The summed E-state index contributed by atoms with van der Waals surface area (Å²) in [6, 6.07) is 7.67. The number of rotatable bonds is 7. The summed E-state index contributed by atoms with van der Waals surface area (Å²) in [5.41, 5.74) is 1.11. The number of amides is 2. The number of methoxy groups -OCH3 is 1. The lowest BCUT2D eigenvalue weighted by molar-refractivity contribution is 0.212. The van der Waals surface area contributed by atoms with Crippen molar-refractivity contribution in [3.05, 3.63) is 29.8 Å². The van der Waals surface area contributed by atoms with Crippen LogP contribution in [0.15, 0.2) is 24.3 Å². The number of ether oxygens (including phenoxy) is 1. The van der Waals surface area contributed by atoms with Gasteiger partial charge in [-0.3, -0.25) is 0 Å². The average molecular weight is 320 g/mol. The van der Waals surface area contributed by atoms with Crippen LogP contribution in [0, 0.1) is 0 Å². The number of carbonyl (C=O) groups excluding carboxylic acids is 1. The summed E-state index contributed by atoms with van der Waals surface area (Å²) in [5.74, 6) is 0.887. The lowest BCUT2D eigenvalue weighted by Crippen LogP contribution is -2.47.